The lowest BCUT2D eigenvalue weighted by molar-refractivity contribution is 0.262. The first kappa shape index (κ1) is 12.0. The Morgan fingerprint density at radius 2 is 2.11 bits per heavy atom. The number of hydrogen-bond donors (Lipinski definition) is 3. The molecule has 0 aliphatic carbocycles. The monoisotopic (exact) mass is 246 g/mol. The molecule has 6 heteroatoms. The Hall–Kier alpha value is -2.50. The average Bonchev–Trinajstić information content (AvgIpc) is 2.70. The van der Waals surface area contributed by atoms with Crippen molar-refractivity contribution in [2.45, 2.75) is 6.92 Å². The minimum absolute atomic E-state index is 0.0285. The van der Waals surface area contributed by atoms with E-state index in [4.69, 9.17) is 0 Å². The van der Waals surface area contributed by atoms with Gasteiger partial charge in [0.15, 0.2) is 0 Å². The van der Waals surface area contributed by atoms with Gasteiger partial charge in [-0.25, -0.2) is 4.79 Å². The molecule has 94 valence electrons. The van der Waals surface area contributed by atoms with Gasteiger partial charge in [-0.3, -0.25) is 10.00 Å². The standard InChI is InChI=1S/C12H14N4O2/c1-8-3-4-10(17)9(7-8)14-12(18)15-11-5-6-13-16(11)2/h3-7,17H,1-2H3,(H2,14,15,18). The van der Waals surface area contributed by atoms with E-state index in [0.29, 0.717) is 11.5 Å². The van der Waals surface area contributed by atoms with Crippen LogP contribution in [0.5, 0.6) is 5.75 Å². The summed E-state index contributed by atoms with van der Waals surface area (Å²) in [6, 6.07) is 6.24. The lowest BCUT2D eigenvalue weighted by Crippen LogP contribution is -2.21. The zero-order valence-corrected chi connectivity index (χ0v) is 10.1. The summed E-state index contributed by atoms with van der Waals surface area (Å²) in [7, 11) is 1.72. The first-order valence-electron chi connectivity index (χ1n) is 5.42. The van der Waals surface area contributed by atoms with Crippen molar-refractivity contribution in [2.75, 3.05) is 10.6 Å². The highest BCUT2D eigenvalue weighted by atomic mass is 16.3. The van der Waals surface area contributed by atoms with Crippen molar-refractivity contribution in [3.8, 4) is 5.75 Å². The Bertz CT molecular complexity index is 577. The quantitative estimate of drug-likeness (QED) is 0.710. The first-order valence-corrected chi connectivity index (χ1v) is 5.42. The van der Waals surface area contributed by atoms with Gasteiger partial charge in [0.1, 0.15) is 11.6 Å². The van der Waals surface area contributed by atoms with Gasteiger partial charge in [-0.05, 0) is 24.6 Å². The highest BCUT2D eigenvalue weighted by Crippen LogP contribution is 2.23. The van der Waals surface area contributed by atoms with Gasteiger partial charge < -0.3 is 10.4 Å². The van der Waals surface area contributed by atoms with Crippen molar-refractivity contribution in [3.63, 3.8) is 0 Å². The fourth-order valence-corrected chi connectivity index (χ4v) is 1.52. The largest absolute Gasteiger partial charge is 0.506 e. The summed E-state index contributed by atoms with van der Waals surface area (Å²) < 4.78 is 1.54. The molecule has 3 N–H and O–H groups in total. The number of amides is 2. The van der Waals surface area contributed by atoms with Crippen LogP contribution in [-0.4, -0.2) is 20.9 Å². The number of benzene rings is 1. The number of aryl methyl sites for hydroxylation is 2. The van der Waals surface area contributed by atoms with E-state index in [1.54, 1.807) is 31.4 Å². The van der Waals surface area contributed by atoms with Gasteiger partial charge in [0, 0.05) is 13.1 Å². The van der Waals surface area contributed by atoms with E-state index in [9.17, 15) is 9.90 Å². The van der Waals surface area contributed by atoms with Crippen LogP contribution in [0, 0.1) is 6.92 Å². The molecule has 0 saturated carbocycles. The number of carbonyl (C=O) groups is 1. The molecule has 2 aromatic rings. The van der Waals surface area contributed by atoms with Crippen LogP contribution in [0.4, 0.5) is 16.3 Å². The van der Waals surface area contributed by atoms with Crippen LogP contribution in [0.15, 0.2) is 30.5 Å². The van der Waals surface area contributed by atoms with Gasteiger partial charge in [0.2, 0.25) is 0 Å². The summed E-state index contributed by atoms with van der Waals surface area (Å²) in [6.07, 6.45) is 1.58. The van der Waals surface area contributed by atoms with Crippen LogP contribution in [0.2, 0.25) is 0 Å². The number of urea groups is 1. The minimum Gasteiger partial charge on any atom is -0.506 e. The second-order valence-corrected chi connectivity index (χ2v) is 3.94. The Morgan fingerprint density at radius 3 is 2.78 bits per heavy atom. The van der Waals surface area contributed by atoms with Crippen molar-refractivity contribution < 1.29 is 9.90 Å². The fourth-order valence-electron chi connectivity index (χ4n) is 1.52. The molecule has 2 amide bonds. The Morgan fingerprint density at radius 1 is 1.33 bits per heavy atom. The lowest BCUT2D eigenvalue weighted by Gasteiger charge is -2.09. The number of nitrogens with zero attached hydrogens (tertiary/aromatic N) is 2. The van der Waals surface area contributed by atoms with Gasteiger partial charge in [-0.15, -0.1) is 0 Å². The maximum Gasteiger partial charge on any atom is 0.324 e. The molecule has 0 aliphatic heterocycles. The molecule has 0 saturated heterocycles. The molecule has 1 aromatic heterocycles. The van der Waals surface area contributed by atoms with Crippen LogP contribution in [-0.2, 0) is 7.05 Å². The summed E-state index contributed by atoms with van der Waals surface area (Å²) in [5.74, 6) is 0.598. The Balaban J connectivity index is 2.08. The second kappa shape index (κ2) is 4.79. The van der Waals surface area contributed by atoms with E-state index < -0.39 is 6.03 Å². The molecule has 18 heavy (non-hydrogen) atoms. The number of carbonyl (C=O) groups excluding carboxylic acids is 1. The maximum absolute atomic E-state index is 11.7. The van der Waals surface area contributed by atoms with Gasteiger partial charge >= 0.3 is 6.03 Å². The van der Waals surface area contributed by atoms with Gasteiger partial charge in [-0.1, -0.05) is 6.07 Å². The van der Waals surface area contributed by atoms with Crippen molar-refractivity contribution >= 4 is 17.5 Å². The van der Waals surface area contributed by atoms with Crippen LogP contribution in [0.3, 0.4) is 0 Å². The molecular formula is C12H14N4O2. The summed E-state index contributed by atoms with van der Waals surface area (Å²) in [5.41, 5.74) is 1.32. The third-order valence-corrected chi connectivity index (χ3v) is 2.46. The molecule has 6 nitrogen and oxygen atoms in total. The molecule has 0 bridgehead atoms. The number of phenolic OH excluding ortho intramolecular Hbond substituents is 1. The van der Waals surface area contributed by atoms with Gasteiger partial charge in [-0.2, -0.15) is 5.10 Å². The maximum atomic E-state index is 11.7. The number of aromatic hydroxyl groups is 1. The predicted molar refractivity (Wildman–Crippen MR) is 68.7 cm³/mol. The van der Waals surface area contributed by atoms with Crippen molar-refractivity contribution in [1.82, 2.24) is 9.78 Å². The van der Waals surface area contributed by atoms with E-state index in [1.165, 1.54) is 10.7 Å². The molecular weight excluding hydrogens is 232 g/mol. The molecule has 0 radical (unpaired) electrons. The summed E-state index contributed by atoms with van der Waals surface area (Å²) >= 11 is 0. The van der Waals surface area contributed by atoms with Crippen molar-refractivity contribution in [3.05, 3.63) is 36.0 Å². The number of nitrogens with one attached hydrogen (secondary N) is 2. The topological polar surface area (TPSA) is 79.2 Å². The molecule has 0 fully saturated rings. The molecule has 2 rings (SSSR count). The van der Waals surface area contributed by atoms with Crippen molar-refractivity contribution in [2.24, 2.45) is 7.05 Å². The smallest absolute Gasteiger partial charge is 0.324 e. The minimum atomic E-state index is -0.431. The normalized spacial score (nSPS) is 10.1. The number of phenols is 1. The van der Waals surface area contributed by atoms with E-state index in [2.05, 4.69) is 15.7 Å². The number of hydrogen-bond acceptors (Lipinski definition) is 3. The SMILES string of the molecule is Cc1ccc(O)c(NC(=O)Nc2ccnn2C)c1. The van der Waals surface area contributed by atoms with E-state index in [0.717, 1.165) is 5.56 Å². The number of anilines is 2. The molecule has 1 heterocycles. The van der Waals surface area contributed by atoms with E-state index in [-0.39, 0.29) is 5.75 Å². The fraction of sp³-hybridized carbons (Fsp3) is 0.167. The lowest BCUT2D eigenvalue weighted by atomic mass is 10.2. The van der Waals surface area contributed by atoms with Gasteiger partial charge in [0.05, 0.1) is 11.9 Å². The van der Waals surface area contributed by atoms with E-state index >= 15 is 0 Å². The Labute approximate surface area is 104 Å². The zero-order chi connectivity index (χ0) is 13.1. The molecule has 0 atom stereocenters. The van der Waals surface area contributed by atoms with Crippen molar-refractivity contribution in [1.29, 1.82) is 0 Å². The molecule has 1 aromatic carbocycles. The number of rotatable bonds is 2. The van der Waals surface area contributed by atoms with Crippen LogP contribution in [0.1, 0.15) is 5.56 Å². The molecule has 0 spiro atoms. The molecule has 0 unspecified atom stereocenters. The first-order chi connectivity index (χ1) is 8.56. The third-order valence-electron chi connectivity index (χ3n) is 2.46. The summed E-state index contributed by atoms with van der Waals surface area (Å²) in [6.45, 7) is 1.88. The highest BCUT2D eigenvalue weighted by molar-refractivity contribution is 6.00. The zero-order valence-electron chi connectivity index (χ0n) is 10.1. The number of aromatic nitrogens is 2. The van der Waals surface area contributed by atoms with Crippen LogP contribution >= 0.6 is 0 Å². The van der Waals surface area contributed by atoms with Gasteiger partial charge in [0.25, 0.3) is 0 Å². The van der Waals surface area contributed by atoms with Crippen LogP contribution in [0.25, 0.3) is 0 Å². The molecule has 0 aliphatic rings. The summed E-state index contributed by atoms with van der Waals surface area (Å²) in [5, 5.41) is 18.7. The Kier molecular flexibility index (Phi) is 3.18. The third kappa shape index (κ3) is 2.60. The highest BCUT2D eigenvalue weighted by Gasteiger charge is 2.08. The second-order valence-electron chi connectivity index (χ2n) is 3.94. The average molecular weight is 246 g/mol. The van der Waals surface area contributed by atoms with E-state index in [1.807, 2.05) is 6.92 Å². The van der Waals surface area contributed by atoms with Crippen LogP contribution < -0.4 is 10.6 Å². The predicted octanol–water partition coefficient (Wildman–Crippen LogP) is 2.08. The summed E-state index contributed by atoms with van der Waals surface area (Å²) in [4.78, 5) is 11.7.